The van der Waals surface area contributed by atoms with Crippen LogP contribution in [0.3, 0.4) is 0 Å². The maximum Gasteiger partial charge on any atom is 0.259 e. The lowest BCUT2D eigenvalue weighted by Gasteiger charge is -2.08. The molecule has 0 aliphatic heterocycles. The maximum atomic E-state index is 12.1. The molecule has 0 bridgehead atoms. The highest BCUT2D eigenvalue weighted by Gasteiger charge is 2.12. The second-order valence-electron chi connectivity index (χ2n) is 3.70. The molecule has 0 radical (unpaired) electrons. The number of hydrogen-bond donors (Lipinski definition) is 2. The van der Waals surface area contributed by atoms with Crippen molar-refractivity contribution < 1.29 is 4.79 Å². The smallest absolute Gasteiger partial charge is 0.259 e. The molecule has 0 aliphatic carbocycles. The van der Waals surface area contributed by atoms with E-state index in [1.54, 1.807) is 18.5 Å². The van der Waals surface area contributed by atoms with Crippen LogP contribution in [-0.4, -0.2) is 22.4 Å². The van der Waals surface area contributed by atoms with Gasteiger partial charge in [0.1, 0.15) is 0 Å². The minimum absolute atomic E-state index is 0.178. The Morgan fingerprint density at radius 1 is 1.50 bits per heavy atom. The fourth-order valence-electron chi connectivity index (χ4n) is 1.50. The van der Waals surface area contributed by atoms with Crippen molar-refractivity contribution in [2.75, 3.05) is 17.2 Å². The van der Waals surface area contributed by atoms with Crippen LogP contribution < -0.4 is 10.6 Å². The molecule has 2 heterocycles. The van der Waals surface area contributed by atoms with Gasteiger partial charge in [0.2, 0.25) is 0 Å². The van der Waals surface area contributed by atoms with E-state index >= 15 is 0 Å². The van der Waals surface area contributed by atoms with E-state index in [0.717, 1.165) is 17.9 Å². The summed E-state index contributed by atoms with van der Waals surface area (Å²) in [6.45, 7) is 4.60. The number of hydrogen-bond acceptors (Lipinski definition) is 5. The second kappa shape index (κ2) is 5.59. The molecule has 2 aromatic rings. The Morgan fingerprint density at radius 2 is 2.33 bits per heavy atom. The Bertz CT molecular complexity index is 553. The normalized spacial score (nSPS) is 10.1. The number of aryl methyl sites for hydroxylation is 1. The predicted octanol–water partition coefficient (Wildman–Crippen LogP) is 2.53. The van der Waals surface area contributed by atoms with Gasteiger partial charge >= 0.3 is 0 Å². The fraction of sp³-hybridized carbons (Fsp3) is 0.250. The van der Waals surface area contributed by atoms with Gasteiger partial charge in [0.05, 0.1) is 23.1 Å². The lowest BCUT2D eigenvalue weighted by molar-refractivity contribution is 0.102. The van der Waals surface area contributed by atoms with Crippen LogP contribution in [0.4, 0.5) is 10.8 Å². The van der Waals surface area contributed by atoms with E-state index in [1.807, 2.05) is 19.2 Å². The molecule has 94 valence electrons. The van der Waals surface area contributed by atoms with Gasteiger partial charge in [-0.3, -0.25) is 15.1 Å². The topological polar surface area (TPSA) is 66.9 Å². The first-order valence-electron chi connectivity index (χ1n) is 5.62. The zero-order valence-corrected chi connectivity index (χ0v) is 11.0. The van der Waals surface area contributed by atoms with Crippen LogP contribution in [0.1, 0.15) is 23.0 Å². The van der Waals surface area contributed by atoms with E-state index < -0.39 is 0 Å². The molecule has 18 heavy (non-hydrogen) atoms. The van der Waals surface area contributed by atoms with Crippen LogP contribution in [-0.2, 0) is 0 Å². The third kappa shape index (κ3) is 2.84. The van der Waals surface area contributed by atoms with Crippen molar-refractivity contribution in [1.82, 2.24) is 9.97 Å². The number of pyridine rings is 1. The summed E-state index contributed by atoms with van der Waals surface area (Å²) in [6.07, 6.45) is 3.24. The Kier molecular flexibility index (Phi) is 3.88. The maximum absolute atomic E-state index is 12.1. The quantitative estimate of drug-likeness (QED) is 0.888. The number of carbonyl (C=O) groups excluding carboxylic acids is 1. The molecule has 0 saturated heterocycles. The highest BCUT2D eigenvalue weighted by molar-refractivity contribution is 7.13. The molecule has 0 spiro atoms. The van der Waals surface area contributed by atoms with Gasteiger partial charge in [-0.1, -0.05) is 0 Å². The summed E-state index contributed by atoms with van der Waals surface area (Å²) in [5, 5.41) is 8.39. The van der Waals surface area contributed by atoms with Gasteiger partial charge < -0.3 is 5.32 Å². The molecule has 2 aromatic heterocycles. The van der Waals surface area contributed by atoms with Gasteiger partial charge in [-0.05, 0) is 19.9 Å². The lowest BCUT2D eigenvalue weighted by Crippen LogP contribution is -2.14. The lowest BCUT2D eigenvalue weighted by atomic mass is 10.2. The molecule has 1 amide bonds. The minimum atomic E-state index is -0.178. The van der Waals surface area contributed by atoms with Crippen molar-refractivity contribution in [2.24, 2.45) is 0 Å². The summed E-state index contributed by atoms with van der Waals surface area (Å²) in [4.78, 5) is 20.3. The first kappa shape index (κ1) is 12.5. The largest absolute Gasteiger partial charge is 0.383 e. The number of anilines is 2. The monoisotopic (exact) mass is 262 g/mol. The average molecular weight is 262 g/mol. The predicted molar refractivity (Wildman–Crippen MR) is 73.2 cm³/mol. The summed E-state index contributed by atoms with van der Waals surface area (Å²) in [6, 6.07) is 1.69. The molecule has 0 aliphatic rings. The minimum Gasteiger partial charge on any atom is -0.383 e. The van der Waals surface area contributed by atoms with Gasteiger partial charge in [0.25, 0.3) is 5.91 Å². The SMILES string of the molecule is CCNc1cnccc1C(=O)Nc1nc(C)cs1. The standard InChI is InChI=1S/C12H14N4OS/c1-3-14-10-6-13-5-4-9(10)11(17)16-12-15-8(2)7-18-12/h4-7,14H,3H2,1-2H3,(H,15,16,17). The van der Waals surface area contributed by atoms with Crippen LogP contribution in [0.25, 0.3) is 0 Å². The molecular weight excluding hydrogens is 248 g/mol. The van der Waals surface area contributed by atoms with E-state index in [4.69, 9.17) is 0 Å². The van der Waals surface area contributed by atoms with E-state index in [1.165, 1.54) is 11.3 Å². The Balaban J connectivity index is 2.18. The van der Waals surface area contributed by atoms with E-state index in [0.29, 0.717) is 10.7 Å². The number of carbonyl (C=O) groups is 1. The van der Waals surface area contributed by atoms with E-state index in [2.05, 4.69) is 20.6 Å². The van der Waals surface area contributed by atoms with Crippen molar-refractivity contribution in [1.29, 1.82) is 0 Å². The fourth-order valence-corrected chi connectivity index (χ4v) is 2.18. The van der Waals surface area contributed by atoms with Gasteiger partial charge in [-0.15, -0.1) is 11.3 Å². The molecule has 0 aromatic carbocycles. The third-order valence-corrected chi connectivity index (χ3v) is 3.15. The summed E-state index contributed by atoms with van der Waals surface area (Å²) in [7, 11) is 0. The van der Waals surface area contributed by atoms with Crippen LogP contribution in [0, 0.1) is 6.92 Å². The highest BCUT2D eigenvalue weighted by atomic mass is 32.1. The Hall–Kier alpha value is -1.95. The van der Waals surface area contributed by atoms with Crippen molar-refractivity contribution in [2.45, 2.75) is 13.8 Å². The summed E-state index contributed by atoms with van der Waals surface area (Å²) < 4.78 is 0. The van der Waals surface area contributed by atoms with Gasteiger partial charge in [0, 0.05) is 18.1 Å². The average Bonchev–Trinajstić information content (AvgIpc) is 2.76. The number of rotatable bonds is 4. The molecule has 6 heteroatoms. The van der Waals surface area contributed by atoms with Crippen LogP contribution in [0.15, 0.2) is 23.8 Å². The van der Waals surface area contributed by atoms with Crippen molar-refractivity contribution in [3.8, 4) is 0 Å². The zero-order chi connectivity index (χ0) is 13.0. The zero-order valence-electron chi connectivity index (χ0n) is 10.2. The van der Waals surface area contributed by atoms with Gasteiger partial charge in [-0.2, -0.15) is 0 Å². The van der Waals surface area contributed by atoms with Crippen LogP contribution >= 0.6 is 11.3 Å². The van der Waals surface area contributed by atoms with Gasteiger partial charge in [0.15, 0.2) is 5.13 Å². The molecule has 2 N–H and O–H groups in total. The van der Waals surface area contributed by atoms with Crippen LogP contribution in [0.2, 0.25) is 0 Å². The highest BCUT2D eigenvalue weighted by Crippen LogP contribution is 2.18. The Morgan fingerprint density at radius 3 is 3.00 bits per heavy atom. The first-order chi connectivity index (χ1) is 8.70. The number of thiazole rings is 1. The molecule has 0 fully saturated rings. The third-order valence-electron chi connectivity index (χ3n) is 2.27. The molecule has 0 saturated carbocycles. The first-order valence-corrected chi connectivity index (χ1v) is 6.50. The molecule has 0 unspecified atom stereocenters. The molecule has 5 nitrogen and oxygen atoms in total. The molecular formula is C12H14N4OS. The molecule has 0 atom stereocenters. The number of aromatic nitrogens is 2. The van der Waals surface area contributed by atoms with Crippen molar-refractivity contribution in [3.63, 3.8) is 0 Å². The molecule has 2 rings (SSSR count). The number of nitrogens with zero attached hydrogens (tertiary/aromatic N) is 2. The van der Waals surface area contributed by atoms with E-state index in [-0.39, 0.29) is 5.91 Å². The summed E-state index contributed by atoms with van der Waals surface area (Å²) in [5.74, 6) is -0.178. The number of amides is 1. The summed E-state index contributed by atoms with van der Waals surface area (Å²) >= 11 is 1.41. The number of nitrogens with one attached hydrogen (secondary N) is 2. The Labute approximate surface area is 109 Å². The van der Waals surface area contributed by atoms with Crippen molar-refractivity contribution >= 4 is 28.1 Å². The van der Waals surface area contributed by atoms with E-state index in [9.17, 15) is 4.79 Å². The summed E-state index contributed by atoms with van der Waals surface area (Å²) in [5.41, 5.74) is 2.20. The van der Waals surface area contributed by atoms with Crippen LogP contribution in [0.5, 0.6) is 0 Å². The van der Waals surface area contributed by atoms with Gasteiger partial charge in [-0.25, -0.2) is 4.98 Å². The second-order valence-corrected chi connectivity index (χ2v) is 4.56. The van der Waals surface area contributed by atoms with Crippen molar-refractivity contribution in [3.05, 3.63) is 35.1 Å².